The molecule has 5 nitrogen and oxygen atoms in total. The summed E-state index contributed by atoms with van der Waals surface area (Å²) in [6.07, 6.45) is 4.06. The third kappa shape index (κ3) is 3.29. The molecule has 0 unspecified atom stereocenters. The molecule has 2 atom stereocenters. The number of oxime groups is 1. The number of aryl methyl sites for hydroxylation is 1. The lowest BCUT2D eigenvalue weighted by molar-refractivity contribution is 0.0745. The van der Waals surface area contributed by atoms with Gasteiger partial charge in [-0.1, -0.05) is 48.8 Å². The van der Waals surface area contributed by atoms with E-state index in [1.807, 2.05) is 12.4 Å². The molecule has 0 spiro atoms. The lowest BCUT2D eigenvalue weighted by Gasteiger charge is -2.16. The first-order valence-electron chi connectivity index (χ1n) is 8.94. The van der Waals surface area contributed by atoms with Crippen LogP contribution in [0, 0.1) is 12.8 Å². The molecule has 2 aromatic rings. The van der Waals surface area contributed by atoms with Crippen LogP contribution in [0.1, 0.15) is 42.3 Å². The van der Waals surface area contributed by atoms with E-state index in [9.17, 15) is 0 Å². The molecule has 0 N–H and O–H groups in total. The summed E-state index contributed by atoms with van der Waals surface area (Å²) in [5, 5.41) is 4.36. The fourth-order valence-corrected chi connectivity index (χ4v) is 3.54. The Balaban J connectivity index is 1.43. The zero-order valence-corrected chi connectivity index (χ0v) is 15.0. The van der Waals surface area contributed by atoms with Gasteiger partial charge in [0.25, 0.3) is 0 Å². The third-order valence-electron chi connectivity index (χ3n) is 4.97. The highest BCUT2D eigenvalue weighted by Crippen LogP contribution is 2.31. The van der Waals surface area contributed by atoms with Gasteiger partial charge in [-0.3, -0.25) is 4.90 Å². The average molecular weight is 336 g/mol. The quantitative estimate of drug-likeness (QED) is 0.861. The van der Waals surface area contributed by atoms with Crippen molar-refractivity contribution in [3.63, 3.8) is 0 Å². The summed E-state index contributed by atoms with van der Waals surface area (Å²) >= 11 is 0. The molecule has 5 heteroatoms. The molecule has 0 bridgehead atoms. The van der Waals surface area contributed by atoms with Gasteiger partial charge in [0.15, 0.2) is 0 Å². The standard InChI is InChI=1S/C20H24N4O/c1-13(2)20-21-8-15(9-22-20)10-24-11-17-18(12-24)25-23-19(17)16-6-4-14(3)5-7-16/h4-9,13,17-18H,10-12H2,1-3H3/t17-,18-/m1/s1. The first-order chi connectivity index (χ1) is 12.1. The van der Waals surface area contributed by atoms with Crippen molar-refractivity contribution in [2.75, 3.05) is 13.1 Å². The summed E-state index contributed by atoms with van der Waals surface area (Å²) in [7, 11) is 0. The van der Waals surface area contributed by atoms with Gasteiger partial charge in [0.2, 0.25) is 0 Å². The first-order valence-corrected chi connectivity index (χ1v) is 8.94. The van der Waals surface area contributed by atoms with Crippen LogP contribution in [0.3, 0.4) is 0 Å². The summed E-state index contributed by atoms with van der Waals surface area (Å²) in [5.41, 5.74) is 4.67. The molecule has 0 radical (unpaired) electrons. The van der Waals surface area contributed by atoms with Gasteiger partial charge in [-0.15, -0.1) is 0 Å². The van der Waals surface area contributed by atoms with E-state index in [4.69, 9.17) is 4.84 Å². The Hall–Kier alpha value is -2.27. The van der Waals surface area contributed by atoms with Gasteiger partial charge in [0.05, 0.1) is 11.6 Å². The van der Waals surface area contributed by atoms with E-state index in [-0.39, 0.29) is 6.10 Å². The lowest BCUT2D eigenvalue weighted by Crippen LogP contribution is -2.23. The van der Waals surface area contributed by atoms with Crippen molar-refractivity contribution in [2.45, 2.75) is 39.3 Å². The van der Waals surface area contributed by atoms with Gasteiger partial charge in [0, 0.05) is 43.5 Å². The second kappa shape index (κ2) is 6.56. The molecule has 1 fully saturated rings. The normalized spacial score (nSPS) is 22.8. The Bertz CT molecular complexity index is 767. The molecule has 0 saturated carbocycles. The number of rotatable bonds is 4. The van der Waals surface area contributed by atoms with Crippen LogP contribution in [0.5, 0.6) is 0 Å². The smallest absolute Gasteiger partial charge is 0.149 e. The molecule has 0 aliphatic carbocycles. The first kappa shape index (κ1) is 16.2. The molecule has 1 saturated heterocycles. The zero-order chi connectivity index (χ0) is 17.4. The minimum atomic E-state index is 0.159. The summed E-state index contributed by atoms with van der Waals surface area (Å²) in [4.78, 5) is 17.1. The van der Waals surface area contributed by atoms with E-state index in [2.05, 4.69) is 65.1 Å². The number of fused-ring (bicyclic) bond motifs is 1. The van der Waals surface area contributed by atoms with Crippen LogP contribution in [0.25, 0.3) is 0 Å². The van der Waals surface area contributed by atoms with Crippen molar-refractivity contribution in [3.8, 4) is 0 Å². The predicted octanol–water partition coefficient (Wildman–Crippen LogP) is 3.14. The van der Waals surface area contributed by atoms with Crippen LogP contribution in [0.2, 0.25) is 0 Å². The van der Waals surface area contributed by atoms with Crippen molar-refractivity contribution in [2.24, 2.45) is 11.1 Å². The van der Waals surface area contributed by atoms with E-state index in [1.54, 1.807) is 0 Å². The SMILES string of the molecule is Cc1ccc(C2=NO[C@@H]3CN(Cc4cnc(C(C)C)nc4)C[C@@H]23)cc1. The molecular formula is C20H24N4O. The van der Waals surface area contributed by atoms with E-state index in [1.165, 1.54) is 11.1 Å². The second-order valence-corrected chi connectivity index (χ2v) is 7.39. The van der Waals surface area contributed by atoms with Crippen molar-refractivity contribution in [3.05, 3.63) is 59.2 Å². The Morgan fingerprint density at radius 2 is 1.84 bits per heavy atom. The summed E-state index contributed by atoms with van der Waals surface area (Å²) in [6.45, 7) is 9.04. The van der Waals surface area contributed by atoms with Crippen molar-refractivity contribution in [1.82, 2.24) is 14.9 Å². The molecule has 1 aromatic heterocycles. The minimum Gasteiger partial charge on any atom is -0.390 e. The summed E-state index contributed by atoms with van der Waals surface area (Å²) in [5.74, 6) is 1.61. The summed E-state index contributed by atoms with van der Waals surface area (Å²) in [6, 6.07) is 8.54. The number of nitrogens with zero attached hydrogens (tertiary/aromatic N) is 4. The van der Waals surface area contributed by atoms with E-state index in [0.717, 1.165) is 36.7 Å². The van der Waals surface area contributed by atoms with E-state index in [0.29, 0.717) is 11.8 Å². The Morgan fingerprint density at radius 1 is 1.12 bits per heavy atom. The fraction of sp³-hybridized carbons (Fsp3) is 0.450. The molecule has 2 aliphatic rings. The molecule has 25 heavy (non-hydrogen) atoms. The fourth-order valence-electron chi connectivity index (χ4n) is 3.54. The number of hydrogen-bond acceptors (Lipinski definition) is 5. The Kier molecular flexibility index (Phi) is 4.25. The maximum Gasteiger partial charge on any atom is 0.149 e. The average Bonchev–Trinajstić information content (AvgIpc) is 3.16. The van der Waals surface area contributed by atoms with Crippen LogP contribution in [0.15, 0.2) is 41.8 Å². The second-order valence-electron chi connectivity index (χ2n) is 7.39. The lowest BCUT2D eigenvalue weighted by atomic mass is 9.94. The van der Waals surface area contributed by atoms with Gasteiger partial charge in [-0.2, -0.15) is 0 Å². The van der Waals surface area contributed by atoms with Gasteiger partial charge >= 0.3 is 0 Å². The molecule has 0 amide bonds. The maximum atomic E-state index is 5.71. The molecule has 4 rings (SSSR count). The number of likely N-dealkylation sites (tertiary alicyclic amines) is 1. The Morgan fingerprint density at radius 3 is 2.52 bits per heavy atom. The number of benzene rings is 1. The number of hydrogen-bond donors (Lipinski definition) is 0. The molecular weight excluding hydrogens is 312 g/mol. The van der Waals surface area contributed by atoms with Gasteiger partial charge in [0.1, 0.15) is 11.9 Å². The van der Waals surface area contributed by atoms with Crippen molar-refractivity contribution < 1.29 is 4.84 Å². The van der Waals surface area contributed by atoms with E-state index < -0.39 is 0 Å². The van der Waals surface area contributed by atoms with Crippen LogP contribution >= 0.6 is 0 Å². The summed E-state index contributed by atoms with van der Waals surface area (Å²) < 4.78 is 0. The predicted molar refractivity (Wildman–Crippen MR) is 97.5 cm³/mol. The van der Waals surface area contributed by atoms with Crippen molar-refractivity contribution >= 4 is 5.71 Å². The van der Waals surface area contributed by atoms with Crippen molar-refractivity contribution in [1.29, 1.82) is 0 Å². The van der Waals surface area contributed by atoms with Crippen LogP contribution < -0.4 is 0 Å². The zero-order valence-electron chi connectivity index (χ0n) is 15.0. The monoisotopic (exact) mass is 336 g/mol. The van der Waals surface area contributed by atoms with Gasteiger partial charge in [-0.05, 0) is 12.5 Å². The van der Waals surface area contributed by atoms with E-state index >= 15 is 0 Å². The highest BCUT2D eigenvalue weighted by atomic mass is 16.6. The number of aromatic nitrogens is 2. The van der Waals surface area contributed by atoms with Gasteiger partial charge < -0.3 is 4.84 Å². The molecule has 2 aliphatic heterocycles. The highest BCUT2D eigenvalue weighted by molar-refractivity contribution is 6.03. The topological polar surface area (TPSA) is 50.6 Å². The highest BCUT2D eigenvalue weighted by Gasteiger charge is 2.42. The van der Waals surface area contributed by atoms with Crippen LogP contribution in [0.4, 0.5) is 0 Å². The van der Waals surface area contributed by atoms with Crippen LogP contribution in [-0.4, -0.2) is 39.8 Å². The molecule has 3 heterocycles. The third-order valence-corrected chi connectivity index (χ3v) is 4.97. The minimum absolute atomic E-state index is 0.159. The Labute approximate surface area is 148 Å². The van der Waals surface area contributed by atoms with Crippen LogP contribution in [-0.2, 0) is 11.4 Å². The maximum absolute atomic E-state index is 5.71. The molecule has 1 aromatic carbocycles. The largest absolute Gasteiger partial charge is 0.390 e. The molecule has 130 valence electrons. The van der Waals surface area contributed by atoms with Gasteiger partial charge in [-0.25, -0.2) is 9.97 Å².